The molecule has 1 saturated heterocycles. The van der Waals surface area contributed by atoms with Gasteiger partial charge in [-0.1, -0.05) is 0 Å². The van der Waals surface area contributed by atoms with E-state index in [1.165, 1.54) is 4.90 Å². The maximum absolute atomic E-state index is 14.1. The molecule has 0 amide bonds. The van der Waals surface area contributed by atoms with Crippen LogP contribution in [0.3, 0.4) is 0 Å². The van der Waals surface area contributed by atoms with E-state index in [9.17, 15) is 26.3 Å². The van der Waals surface area contributed by atoms with Gasteiger partial charge in [0.2, 0.25) is 0 Å². The first-order valence-corrected chi connectivity index (χ1v) is 6.55. The van der Waals surface area contributed by atoms with Gasteiger partial charge in [0.15, 0.2) is 0 Å². The van der Waals surface area contributed by atoms with E-state index in [0.29, 0.717) is 12.3 Å². The van der Waals surface area contributed by atoms with E-state index < -0.39 is 41.9 Å². The largest absolute Gasteiger partial charge is 0.417 e. The lowest BCUT2D eigenvalue weighted by molar-refractivity contribution is -0.138. The Bertz CT molecular complexity index is 556. The lowest BCUT2D eigenvalue weighted by Crippen LogP contribution is -2.50. The number of rotatable bonds is 0. The fourth-order valence-electron chi connectivity index (χ4n) is 2.97. The number of fused-ring (bicyclic) bond motifs is 3. The third-order valence-electron chi connectivity index (χ3n) is 4.00. The van der Waals surface area contributed by atoms with Gasteiger partial charge in [0, 0.05) is 18.7 Å². The number of anilines is 1. The minimum atomic E-state index is -4.74. The normalized spacial score (nSPS) is 28.0. The van der Waals surface area contributed by atoms with Crippen LogP contribution < -0.4 is 4.90 Å². The molecule has 1 fully saturated rings. The second-order valence-corrected chi connectivity index (χ2v) is 5.48. The van der Waals surface area contributed by atoms with Crippen LogP contribution in [0.1, 0.15) is 30.4 Å². The van der Waals surface area contributed by atoms with Crippen molar-refractivity contribution >= 4 is 5.82 Å². The molecule has 2 atom stereocenters. The number of pyridine rings is 1. The summed E-state index contributed by atoms with van der Waals surface area (Å²) in [5.41, 5.74) is -1.98. The Balaban J connectivity index is 2.08. The van der Waals surface area contributed by atoms with Crippen molar-refractivity contribution < 1.29 is 26.3 Å². The van der Waals surface area contributed by atoms with Gasteiger partial charge in [0.1, 0.15) is 12.0 Å². The molecular formula is C13H12F6N2. The topological polar surface area (TPSA) is 16.1 Å². The van der Waals surface area contributed by atoms with Crippen molar-refractivity contribution in [2.75, 3.05) is 11.4 Å². The lowest BCUT2D eigenvalue weighted by Gasteiger charge is -2.44. The average molecular weight is 310 g/mol. The van der Waals surface area contributed by atoms with Crippen LogP contribution in [0.5, 0.6) is 0 Å². The molecule has 0 radical (unpaired) electrons. The second-order valence-electron chi connectivity index (χ2n) is 5.48. The third-order valence-corrected chi connectivity index (χ3v) is 4.00. The summed E-state index contributed by atoms with van der Waals surface area (Å²) < 4.78 is 79.6. The Morgan fingerprint density at radius 2 is 1.95 bits per heavy atom. The van der Waals surface area contributed by atoms with Crippen molar-refractivity contribution in [3.63, 3.8) is 0 Å². The molecule has 0 aromatic carbocycles. The minimum absolute atomic E-state index is 0.105. The van der Waals surface area contributed by atoms with Gasteiger partial charge in [-0.3, -0.25) is 0 Å². The van der Waals surface area contributed by atoms with Crippen LogP contribution in [0.25, 0.3) is 0 Å². The number of alkyl halides is 6. The highest BCUT2D eigenvalue weighted by Gasteiger charge is 2.48. The quantitative estimate of drug-likeness (QED) is 0.676. The Kier molecular flexibility index (Phi) is 3.11. The highest BCUT2D eigenvalue weighted by Crippen LogP contribution is 2.47. The fraction of sp³-hybridized carbons (Fsp3) is 0.615. The molecule has 0 N–H and O–H groups in total. The Morgan fingerprint density at radius 1 is 1.24 bits per heavy atom. The number of nitrogens with zero attached hydrogens (tertiary/aromatic N) is 2. The molecule has 21 heavy (non-hydrogen) atoms. The zero-order valence-corrected chi connectivity index (χ0v) is 10.8. The molecule has 2 unspecified atom stereocenters. The van der Waals surface area contributed by atoms with Crippen LogP contribution in [0.4, 0.5) is 32.2 Å². The average Bonchev–Trinajstić information content (AvgIpc) is 2.38. The first-order chi connectivity index (χ1) is 9.68. The molecule has 0 saturated carbocycles. The van der Waals surface area contributed by atoms with Crippen LogP contribution in [0.2, 0.25) is 0 Å². The lowest BCUT2D eigenvalue weighted by atomic mass is 9.88. The summed E-state index contributed by atoms with van der Waals surface area (Å²) in [6, 6.07) is -0.149. The van der Waals surface area contributed by atoms with Gasteiger partial charge < -0.3 is 4.90 Å². The standard InChI is InChI=1S/C13H12F6N2/c14-8-1-2-9-4-12(15,16)10-3-7(13(17,18)19)5-20-11(10)21(9)6-8/h3,5,8-9H,1-2,4,6H2. The van der Waals surface area contributed by atoms with E-state index in [4.69, 9.17) is 0 Å². The summed E-state index contributed by atoms with van der Waals surface area (Å²) >= 11 is 0. The van der Waals surface area contributed by atoms with E-state index >= 15 is 0 Å². The van der Waals surface area contributed by atoms with Gasteiger partial charge in [-0.15, -0.1) is 0 Å². The zero-order valence-electron chi connectivity index (χ0n) is 10.8. The van der Waals surface area contributed by atoms with Crippen LogP contribution in [0, 0.1) is 0 Å². The number of halogens is 6. The molecular weight excluding hydrogens is 298 g/mol. The van der Waals surface area contributed by atoms with Crippen molar-refractivity contribution in [2.45, 2.75) is 43.6 Å². The summed E-state index contributed by atoms with van der Waals surface area (Å²) in [5, 5.41) is 0. The van der Waals surface area contributed by atoms with Gasteiger partial charge in [-0.25, -0.2) is 18.2 Å². The van der Waals surface area contributed by atoms with Crippen LogP contribution in [-0.4, -0.2) is 23.7 Å². The van der Waals surface area contributed by atoms with E-state index in [1.54, 1.807) is 0 Å². The highest BCUT2D eigenvalue weighted by molar-refractivity contribution is 5.55. The number of hydrogen-bond donors (Lipinski definition) is 0. The van der Waals surface area contributed by atoms with Crippen molar-refractivity contribution in [3.8, 4) is 0 Å². The first-order valence-electron chi connectivity index (χ1n) is 6.55. The number of hydrogen-bond acceptors (Lipinski definition) is 2. The summed E-state index contributed by atoms with van der Waals surface area (Å²) in [6.45, 7) is -0.105. The van der Waals surface area contributed by atoms with Crippen molar-refractivity contribution in [3.05, 3.63) is 23.4 Å². The predicted molar refractivity (Wildman–Crippen MR) is 63.0 cm³/mol. The molecule has 3 rings (SSSR count). The van der Waals surface area contributed by atoms with Crippen LogP contribution in [-0.2, 0) is 12.1 Å². The molecule has 1 aromatic heterocycles. The monoisotopic (exact) mass is 310 g/mol. The van der Waals surface area contributed by atoms with E-state index in [1.807, 2.05) is 0 Å². The summed E-state index contributed by atoms with van der Waals surface area (Å²) in [6.07, 6.45) is -5.55. The van der Waals surface area contributed by atoms with Crippen molar-refractivity contribution in [2.24, 2.45) is 0 Å². The van der Waals surface area contributed by atoms with Crippen molar-refractivity contribution in [1.82, 2.24) is 4.98 Å². The van der Waals surface area contributed by atoms with Gasteiger partial charge in [0.05, 0.1) is 17.7 Å². The molecule has 2 aliphatic rings. The fourth-order valence-corrected chi connectivity index (χ4v) is 2.97. The second kappa shape index (κ2) is 4.51. The summed E-state index contributed by atoms with van der Waals surface area (Å²) in [7, 11) is 0. The smallest absolute Gasteiger partial charge is 0.350 e. The first kappa shape index (κ1) is 14.5. The van der Waals surface area contributed by atoms with E-state index in [-0.39, 0.29) is 25.2 Å². The maximum atomic E-state index is 14.1. The third kappa shape index (κ3) is 2.44. The van der Waals surface area contributed by atoms with Crippen molar-refractivity contribution in [1.29, 1.82) is 0 Å². The Hall–Kier alpha value is -1.47. The van der Waals surface area contributed by atoms with Gasteiger partial charge >= 0.3 is 6.18 Å². The van der Waals surface area contributed by atoms with Crippen LogP contribution in [0.15, 0.2) is 12.3 Å². The van der Waals surface area contributed by atoms with Gasteiger partial charge in [0.25, 0.3) is 5.92 Å². The molecule has 0 aliphatic carbocycles. The summed E-state index contributed by atoms with van der Waals surface area (Å²) in [5.74, 6) is -3.61. The number of piperidine rings is 1. The Labute approximate surface area is 116 Å². The molecule has 0 spiro atoms. The molecule has 1 aromatic rings. The Morgan fingerprint density at radius 3 is 2.62 bits per heavy atom. The van der Waals surface area contributed by atoms with Crippen LogP contribution >= 0.6 is 0 Å². The summed E-state index contributed by atoms with van der Waals surface area (Å²) in [4.78, 5) is 4.94. The molecule has 8 heteroatoms. The molecule has 2 nitrogen and oxygen atoms in total. The SMILES string of the molecule is FC1CCC2CC(F)(F)c3cc(C(F)(F)F)cnc3N2C1. The minimum Gasteiger partial charge on any atom is -0.350 e. The number of aromatic nitrogens is 1. The maximum Gasteiger partial charge on any atom is 0.417 e. The van der Waals surface area contributed by atoms with E-state index in [2.05, 4.69) is 4.98 Å². The van der Waals surface area contributed by atoms with Gasteiger partial charge in [-0.05, 0) is 18.9 Å². The highest BCUT2D eigenvalue weighted by atomic mass is 19.4. The van der Waals surface area contributed by atoms with E-state index in [0.717, 1.165) is 0 Å². The van der Waals surface area contributed by atoms with Gasteiger partial charge in [-0.2, -0.15) is 13.2 Å². The molecule has 116 valence electrons. The zero-order chi connectivity index (χ0) is 15.4. The molecule has 2 aliphatic heterocycles. The predicted octanol–water partition coefficient (Wildman–Crippen LogP) is 3.90. The molecule has 3 heterocycles. The molecule has 0 bridgehead atoms.